The zero-order valence-electron chi connectivity index (χ0n) is 11.5. The van der Waals surface area contributed by atoms with E-state index < -0.39 is 18.7 Å². The van der Waals surface area contributed by atoms with E-state index in [-0.39, 0.29) is 17.3 Å². The monoisotopic (exact) mass is 311 g/mol. The number of pyridine rings is 2. The number of alkyl halides is 3. The van der Waals surface area contributed by atoms with Crippen LogP contribution in [0.25, 0.3) is 0 Å². The van der Waals surface area contributed by atoms with E-state index in [4.69, 9.17) is 0 Å². The lowest BCUT2D eigenvalue weighted by Gasteiger charge is -2.11. The lowest BCUT2D eigenvalue weighted by Crippen LogP contribution is -2.22. The van der Waals surface area contributed by atoms with Crippen molar-refractivity contribution in [2.75, 3.05) is 11.9 Å². The number of aryl methyl sites for hydroxylation is 1. The molecule has 2 heterocycles. The molecule has 0 aliphatic rings. The van der Waals surface area contributed by atoms with Gasteiger partial charge in [0.15, 0.2) is 6.61 Å². The maximum Gasteiger partial charge on any atom is 0.422 e. The summed E-state index contributed by atoms with van der Waals surface area (Å²) in [5.41, 5.74) is 0.808. The molecule has 8 heteroatoms. The Morgan fingerprint density at radius 2 is 2.05 bits per heavy atom. The van der Waals surface area contributed by atoms with Crippen LogP contribution in [0.4, 0.5) is 19.0 Å². The molecule has 0 aromatic carbocycles. The molecule has 22 heavy (non-hydrogen) atoms. The fraction of sp³-hybridized carbons (Fsp3) is 0.214. The first-order valence-electron chi connectivity index (χ1n) is 6.24. The van der Waals surface area contributed by atoms with Crippen molar-refractivity contribution in [2.45, 2.75) is 13.1 Å². The van der Waals surface area contributed by atoms with Gasteiger partial charge in [0.25, 0.3) is 5.91 Å². The number of aromatic nitrogens is 2. The summed E-state index contributed by atoms with van der Waals surface area (Å²) < 4.78 is 41.1. The van der Waals surface area contributed by atoms with E-state index >= 15 is 0 Å². The van der Waals surface area contributed by atoms with E-state index in [9.17, 15) is 18.0 Å². The molecule has 0 bridgehead atoms. The number of halogens is 3. The van der Waals surface area contributed by atoms with Gasteiger partial charge in [-0.2, -0.15) is 13.2 Å². The molecule has 0 spiro atoms. The van der Waals surface area contributed by atoms with E-state index in [1.165, 1.54) is 18.3 Å². The van der Waals surface area contributed by atoms with Gasteiger partial charge in [0.2, 0.25) is 5.88 Å². The topological polar surface area (TPSA) is 64.1 Å². The van der Waals surface area contributed by atoms with Gasteiger partial charge in [0, 0.05) is 12.4 Å². The van der Waals surface area contributed by atoms with Gasteiger partial charge in [-0.05, 0) is 30.7 Å². The lowest BCUT2D eigenvalue weighted by atomic mass is 10.2. The molecule has 2 aromatic heterocycles. The van der Waals surface area contributed by atoms with Crippen molar-refractivity contribution in [1.29, 1.82) is 0 Å². The average Bonchev–Trinajstić information content (AvgIpc) is 2.47. The quantitative estimate of drug-likeness (QED) is 0.943. The molecular weight excluding hydrogens is 299 g/mol. The summed E-state index contributed by atoms with van der Waals surface area (Å²) in [6.45, 7) is 0.315. The zero-order chi connectivity index (χ0) is 16.2. The highest BCUT2D eigenvalue weighted by atomic mass is 19.4. The molecule has 0 fully saturated rings. The van der Waals surface area contributed by atoms with Gasteiger partial charge in [-0.3, -0.25) is 4.79 Å². The summed E-state index contributed by atoms with van der Waals surface area (Å²) in [6, 6.07) is 6.08. The van der Waals surface area contributed by atoms with Crippen molar-refractivity contribution in [3.8, 4) is 5.88 Å². The Bertz CT molecular complexity index is 657. The van der Waals surface area contributed by atoms with E-state index in [2.05, 4.69) is 20.0 Å². The van der Waals surface area contributed by atoms with Crippen molar-refractivity contribution in [2.24, 2.45) is 0 Å². The summed E-state index contributed by atoms with van der Waals surface area (Å²) in [5.74, 6) is -0.757. The van der Waals surface area contributed by atoms with Crippen LogP contribution >= 0.6 is 0 Å². The minimum atomic E-state index is -4.51. The first-order valence-corrected chi connectivity index (χ1v) is 6.24. The van der Waals surface area contributed by atoms with Crippen LogP contribution < -0.4 is 10.1 Å². The van der Waals surface area contributed by atoms with Crippen LogP contribution in [-0.4, -0.2) is 28.7 Å². The van der Waals surface area contributed by atoms with Crippen LogP contribution in [0, 0.1) is 6.92 Å². The number of ether oxygens (including phenoxy) is 1. The predicted molar refractivity (Wildman–Crippen MR) is 72.7 cm³/mol. The highest BCUT2D eigenvalue weighted by Crippen LogP contribution is 2.20. The Labute approximate surface area is 124 Å². The second-order valence-corrected chi connectivity index (χ2v) is 4.43. The normalized spacial score (nSPS) is 11.1. The number of nitrogens with zero attached hydrogens (tertiary/aromatic N) is 2. The van der Waals surface area contributed by atoms with Crippen molar-refractivity contribution in [3.63, 3.8) is 0 Å². The van der Waals surface area contributed by atoms with E-state index in [0.717, 1.165) is 5.56 Å². The highest BCUT2D eigenvalue weighted by molar-refractivity contribution is 6.05. The van der Waals surface area contributed by atoms with Crippen molar-refractivity contribution < 1.29 is 22.7 Å². The highest BCUT2D eigenvalue weighted by Gasteiger charge is 2.29. The fourth-order valence-corrected chi connectivity index (χ4v) is 1.55. The molecule has 116 valence electrons. The van der Waals surface area contributed by atoms with Gasteiger partial charge in [-0.15, -0.1) is 0 Å². The van der Waals surface area contributed by atoms with Crippen LogP contribution in [0.15, 0.2) is 36.7 Å². The Kier molecular flexibility index (Phi) is 4.59. The second kappa shape index (κ2) is 6.42. The van der Waals surface area contributed by atoms with E-state index in [1.54, 1.807) is 18.3 Å². The van der Waals surface area contributed by atoms with Crippen LogP contribution in [0.3, 0.4) is 0 Å². The Hall–Kier alpha value is -2.64. The maximum absolute atomic E-state index is 12.2. The summed E-state index contributed by atoms with van der Waals surface area (Å²) in [4.78, 5) is 19.7. The van der Waals surface area contributed by atoms with E-state index in [0.29, 0.717) is 0 Å². The van der Waals surface area contributed by atoms with Gasteiger partial charge in [-0.25, -0.2) is 9.97 Å². The average molecular weight is 311 g/mol. The lowest BCUT2D eigenvalue weighted by molar-refractivity contribution is -0.154. The number of rotatable bonds is 4. The molecule has 2 aromatic rings. The first kappa shape index (κ1) is 15.7. The Balaban J connectivity index is 2.13. The molecule has 0 aliphatic carbocycles. The zero-order valence-corrected chi connectivity index (χ0v) is 11.5. The number of nitrogens with one attached hydrogen (secondary N) is 1. The van der Waals surface area contributed by atoms with Gasteiger partial charge in [-0.1, -0.05) is 6.07 Å². The van der Waals surface area contributed by atoms with Gasteiger partial charge in [0.1, 0.15) is 11.4 Å². The van der Waals surface area contributed by atoms with Gasteiger partial charge >= 0.3 is 6.18 Å². The smallest absolute Gasteiger partial charge is 0.422 e. The van der Waals surface area contributed by atoms with Crippen molar-refractivity contribution in [3.05, 3.63) is 47.8 Å². The molecule has 0 radical (unpaired) electrons. The fourth-order valence-electron chi connectivity index (χ4n) is 1.55. The van der Waals surface area contributed by atoms with Gasteiger partial charge < -0.3 is 10.1 Å². The van der Waals surface area contributed by atoms with Crippen molar-refractivity contribution >= 4 is 11.7 Å². The summed E-state index contributed by atoms with van der Waals surface area (Å²) >= 11 is 0. The summed E-state index contributed by atoms with van der Waals surface area (Å²) in [6.07, 6.45) is -1.71. The maximum atomic E-state index is 12.2. The number of carbonyl (C=O) groups is 1. The van der Waals surface area contributed by atoms with Gasteiger partial charge in [0.05, 0.1) is 0 Å². The molecule has 2 rings (SSSR count). The number of carbonyl (C=O) groups excluding carboxylic acids is 1. The molecule has 1 N–H and O–H groups in total. The molecule has 0 saturated carbocycles. The Morgan fingerprint density at radius 3 is 2.68 bits per heavy atom. The standard InChI is InChI=1S/C14H12F3N3O2/c1-9-4-5-11(19-7-9)20-12(21)10-3-2-6-18-13(10)22-8-14(15,16)17/h2-7H,8H2,1H3,(H,19,20,21). The molecule has 0 unspecified atom stereocenters. The van der Waals surface area contributed by atoms with E-state index in [1.807, 2.05) is 6.92 Å². The molecule has 5 nitrogen and oxygen atoms in total. The van der Waals surface area contributed by atoms with Crippen LogP contribution in [0.5, 0.6) is 5.88 Å². The number of amides is 1. The second-order valence-electron chi connectivity index (χ2n) is 4.43. The SMILES string of the molecule is Cc1ccc(NC(=O)c2cccnc2OCC(F)(F)F)nc1. The van der Waals surface area contributed by atoms with Crippen LogP contribution in [0.2, 0.25) is 0 Å². The molecule has 0 saturated heterocycles. The van der Waals surface area contributed by atoms with Crippen LogP contribution in [0.1, 0.15) is 15.9 Å². The molecule has 0 aliphatic heterocycles. The molecule has 0 atom stereocenters. The van der Waals surface area contributed by atoms with Crippen LogP contribution in [-0.2, 0) is 0 Å². The number of anilines is 1. The Morgan fingerprint density at radius 1 is 1.27 bits per heavy atom. The number of hydrogen-bond acceptors (Lipinski definition) is 4. The number of hydrogen-bond donors (Lipinski definition) is 1. The minimum absolute atomic E-state index is 0.103. The minimum Gasteiger partial charge on any atom is -0.467 e. The third kappa shape index (κ3) is 4.44. The predicted octanol–water partition coefficient (Wildman–Crippen LogP) is 2.98. The summed E-state index contributed by atoms with van der Waals surface area (Å²) in [7, 11) is 0. The first-order chi connectivity index (χ1) is 10.3. The molecular formula is C14H12F3N3O2. The largest absolute Gasteiger partial charge is 0.467 e. The van der Waals surface area contributed by atoms with Crippen molar-refractivity contribution in [1.82, 2.24) is 9.97 Å². The summed E-state index contributed by atoms with van der Waals surface area (Å²) in [5, 5.41) is 2.47. The third-order valence-corrected chi connectivity index (χ3v) is 2.54. The molecule has 1 amide bonds. The third-order valence-electron chi connectivity index (χ3n) is 2.54.